The lowest BCUT2D eigenvalue weighted by Crippen LogP contribution is -2.46. The zero-order valence-electron chi connectivity index (χ0n) is 10.4. The Kier molecular flexibility index (Phi) is 3.34. The summed E-state index contributed by atoms with van der Waals surface area (Å²) in [7, 11) is 0. The van der Waals surface area contributed by atoms with E-state index in [9.17, 15) is 19.2 Å². The third kappa shape index (κ3) is 2.16. The third-order valence-electron chi connectivity index (χ3n) is 2.69. The highest BCUT2D eigenvalue weighted by Gasteiger charge is 2.19. The van der Waals surface area contributed by atoms with E-state index >= 15 is 0 Å². The number of aromatic nitrogens is 2. The largest absolute Gasteiger partial charge is 0.464 e. The molecule has 0 unspecified atom stereocenters. The Morgan fingerprint density at radius 3 is 2.25 bits per heavy atom. The van der Waals surface area contributed by atoms with Crippen molar-refractivity contribution >= 4 is 12.0 Å². The Morgan fingerprint density at radius 1 is 1.10 bits per heavy atom. The lowest BCUT2D eigenvalue weighted by Gasteiger charge is -2.07. The fraction of sp³-hybridized carbons (Fsp3) is 0.0769. The molecule has 2 rings (SSSR count). The van der Waals surface area contributed by atoms with E-state index < -0.39 is 23.2 Å². The number of rotatable bonds is 1. The van der Waals surface area contributed by atoms with Gasteiger partial charge in [-0.15, -0.1) is 0 Å². The van der Waals surface area contributed by atoms with E-state index in [0.29, 0.717) is 9.13 Å². The number of hydrogen-bond acceptors (Lipinski definition) is 4. The summed E-state index contributed by atoms with van der Waals surface area (Å²) in [5.74, 6) is -0.862. The van der Waals surface area contributed by atoms with Gasteiger partial charge in [-0.1, -0.05) is 18.2 Å². The Bertz CT molecular complexity index is 802. The van der Waals surface area contributed by atoms with Gasteiger partial charge in [0.1, 0.15) is 0 Å². The van der Waals surface area contributed by atoms with Crippen molar-refractivity contribution in [2.45, 2.75) is 6.92 Å². The molecule has 20 heavy (non-hydrogen) atoms. The molecule has 0 fully saturated rings. The van der Waals surface area contributed by atoms with Gasteiger partial charge in [-0.25, -0.2) is 14.2 Å². The normalized spacial score (nSPS) is 10.2. The van der Waals surface area contributed by atoms with Crippen LogP contribution in [0.25, 0.3) is 0 Å². The highest BCUT2D eigenvalue weighted by Crippen LogP contribution is 2.00. The molecule has 102 valence electrons. The van der Waals surface area contributed by atoms with Crippen molar-refractivity contribution in [2.24, 2.45) is 0 Å². The van der Waals surface area contributed by atoms with Gasteiger partial charge >= 0.3 is 11.8 Å². The Balaban J connectivity index is 2.75. The SMILES string of the molecule is Cc1cn(C(=O)O)c(=O)n(C(=O)c2ccccc2)c1=O. The van der Waals surface area contributed by atoms with Crippen LogP contribution in [0.15, 0.2) is 46.1 Å². The fourth-order valence-electron chi connectivity index (χ4n) is 1.70. The molecule has 1 N–H and O–H groups in total. The number of carbonyl (C=O) groups is 2. The van der Waals surface area contributed by atoms with E-state index in [0.717, 1.165) is 6.20 Å². The van der Waals surface area contributed by atoms with Gasteiger partial charge in [0.15, 0.2) is 0 Å². The highest BCUT2D eigenvalue weighted by atomic mass is 16.4. The first-order valence-corrected chi connectivity index (χ1v) is 5.62. The summed E-state index contributed by atoms with van der Waals surface area (Å²) in [4.78, 5) is 46.9. The van der Waals surface area contributed by atoms with E-state index in [-0.39, 0.29) is 11.1 Å². The monoisotopic (exact) mass is 274 g/mol. The smallest absolute Gasteiger partial charge is 0.419 e. The molecule has 0 amide bonds. The van der Waals surface area contributed by atoms with E-state index in [4.69, 9.17) is 5.11 Å². The Hall–Kier alpha value is -2.96. The topological polar surface area (TPSA) is 98.4 Å². The van der Waals surface area contributed by atoms with Gasteiger partial charge < -0.3 is 5.11 Å². The highest BCUT2D eigenvalue weighted by molar-refractivity contribution is 5.95. The molecule has 7 nitrogen and oxygen atoms in total. The minimum atomic E-state index is -1.56. The van der Waals surface area contributed by atoms with Crippen molar-refractivity contribution < 1.29 is 14.7 Å². The maximum absolute atomic E-state index is 12.2. The molecule has 0 saturated heterocycles. The molecule has 2 aromatic rings. The van der Waals surface area contributed by atoms with Gasteiger partial charge in [0.2, 0.25) is 0 Å². The summed E-state index contributed by atoms with van der Waals surface area (Å²) in [5, 5.41) is 8.89. The van der Waals surface area contributed by atoms with Crippen molar-refractivity contribution in [2.75, 3.05) is 0 Å². The molecule has 1 aromatic heterocycles. The summed E-state index contributed by atoms with van der Waals surface area (Å²) in [5.41, 5.74) is -1.94. The molecular formula is C13H10N2O5. The Morgan fingerprint density at radius 2 is 1.70 bits per heavy atom. The second-order valence-corrected chi connectivity index (χ2v) is 4.06. The number of hydrogen-bond donors (Lipinski definition) is 1. The molecule has 0 radical (unpaired) electrons. The van der Waals surface area contributed by atoms with Crippen molar-refractivity contribution in [3.63, 3.8) is 0 Å². The minimum absolute atomic E-state index is 0.0173. The zero-order valence-corrected chi connectivity index (χ0v) is 10.4. The fourth-order valence-corrected chi connectivity index (χ4v) is 1.70. The van der Waals surface area contributed by atoms with Crippen molar-refractivity contribution in [1.82, 2.24) is 9.13 Å². The van der Waals surface area contributed by atoms with Crippen molar-refractivity contribution in [3.8, 4) is 0 Å². The number of aryl methyl sites for hydroxylation is 1. The van der Waals surface area contributed by atoms with Crippen LogP contribution in [0.1, 0.15) is 15.9 Å². The first-order valence-electron chi connectivity index (χ1n) is 5.62. The van der Waals surface area contributed by atoms with Gasteiger partial charge in [-0.2, -0.15) is 4.57 Å². The maximum atomic E-state index is 12.2. The van der Waals surface area contributed by atoms with Crippen LogP contribution in [-0.2, 0) is 0 Å². The summed E-state index contributed by atoms with van der Waals surface area (Å²) in [6, 6.07) is 7.68. The van der Waals surface area contributed by atoms with Crippen LogP contribution in [0, 0.1) is 6.92 Å². The predicted molar refractivity (Wildman–Crippen MR) is 69.3 cm³/mol. The molecule has 0 saturated carbocycles. The van der Waals surface area contributed by atoms with E-state index in [1.165, 1.54) is 19.1 Å². The standard InChI is InChI=1S/C13H10N2O5/c1-8-7-14(13(19)20)12(18)15(10(8)16)11(17)9-5-3-2-4-6-9/h2-7H,1H3,(H,19,20). The van der Waals surface area contributed by atoms with Gasteiger partial charge in [0, 0.05) is 17.3 Å². The molecule has 0 aliphatic heterocycles. The summed E-state index contributed by atoms with van der Waals surface area (Å²) < 4.78 is 0.621. The van der Waals surface area contributed by atoms with Crippen LogP contribution in [0.4, 0.5) is 4.79 Å². The number of nitrogens with zero attached hydrogens (tertiary/aromatic N) is 2. The molecule has 1 aromatic carbocycles. The van der Waals surface area contributed by atoms with Gasteiger partial charge in [-0.05, 0) is 19.1 Å². The zero-order chi connectivity index (χ0) is 14.9. The van der Waals surface area contributed by atoms with Gasteiger partial charge in [-0.3, -0.25) is 9.59 Å². The molecule has 0 bridgehead atoms. The first kappa shape index (κ1) is 13.5. The molecular weight excluding hydrogens is 264 g/mol. The average Bonchev–Trinajstić information content (AvgIpc) is 2.43. The van der Waals surface area contributed by atoms with E-state index in [1.54, 1.807) is 18.2 Å². The second-order valence-electron chi connectivity index (χ2n) is 4.06. The molecule has 1 heterocycles. The minimum Gasteiger partial charge on any atom is -0.464 e. The van der Waals surface area contributed by atoms with Gasteiger partial charge in [0.05, 0.1) is 0 Å². The summed E-state index contributed by atoms with van der Waals surface area (Å²) >= 11 is 0. The molecule has 0 aliphatic carbocycles. The van der Waals surface area contributed by atoms with Crippen molar-refractivity contribution in [3.05, 3.63) is 68.5 Å². The first-order chi connectivity index (χ1) is 9.43. The lowest BCUT2D eigenvalue weighted by molar-refractivity contribution is 0.0948. The molecule has 7 heteroatoms. The quantitative estimate of drug-likeness (QED) is 0.818. The summed E-state index contributed by atoms with van der Waals surface area (Å²) in [6.07, 6.45) is -0.672. The molecule has 0 spiro atoms. The molecule has 0 atom stereocenters. The molecule has 0 aliphatic rings. The van der Waals surface area contributed by atoms with Crippen LogP contribution in [0.3, 0.4) is 0 Å². The van der Waals surface area contributed by atoms with E-state index in [1.807, 2.05) is 0 Å². The lowest BCUT2D eigenvalue weighted by atomic mass is 10.2. The summed E-state index contributed by atoms with van der Waals surface area (Å²) in [6.45, 7) is 1.33. The van der Waals surface area contributed by atoms with Crippen LogP contribution < -0.4 is 11.2 Å². The van der Waals surface area contributed by atoms with Crippen LogP contribution in [0.5, 0.6) is 0 Å². The predicted octanol–water partition coefficient (Wildman–Crippen LogP) is 0.533. The third-order valence-corrected chi connectivity index (χ3v) is 2.69. The number of carbonyl (C=O) groups excluding carboxylic acids is 1. The number of carboxylic acid groups (broad SMARTS) is 1. The number of benzene rings is 1. The maximum Gasteiger partial charge on any atom is 0.419 e. The van der Waals surface area contributed by atoms with Gasteiger partial charge in [0.25, 0.3) is 11.5 Å². The Labute approximate surface area is 112 Å². The second kappa shape index (κ2) is 4.96. The van der Waals surface area contributed by atoms with Crippen LogP contribution >= 0.6 is 0 Å². The van der Waals surface area contributed by atoms with E-state index in [2.05, 4.69) is 0 Å². The van der Waals surface area contributed by atoms with Crippen LogP contribution in [0.2, 0.25) is 0 Å². The van der Waals surface area contributed by atoms with Crippen molar-refractivity contribution in [1.29, 1.82) is 0 Å². The van der Waals surface area contributed by atoms with Crippen LogP contribution in [-0.4, -0.2) is 26.2 Å². The average molecular weight is 274 g/mol.